The van der Waals surface area contributed by atoms with Gasteiger partial charge in [-0.2, -0.15) is 0 Å². The van der Waals surface area contributed by atoms with Gasteiger partial charge in [0.05, 0.1) is 0 Å². The molecule has 31 heavy (non-hydrogen) atoms. The first kappa shape index (κ1) is 27.9. The number of rotatable bonds is 21. The van der Waals surface area contributed by atoms with Crippen molar-refractivity contribution >= 4 is 12.7 Å². The third-order valence-electron chi connectivity index (χ3n) is 6.25. The summed E-state index contributed by atoms with van der Waals surface area (Å²) in [6.07, 6.45) is 26.0. The lowest BCUT2D eigenvalue weighted by Crippen LogP contribution is -2.17. The van der Waals surface area contributed by atoms with Crippen LogP contribution in [-0.2, 0) is 4.65 Å². The van der Waals surface area contributed by atoms with Crippen molar-refractivity contribution in [3.8, 4) is 0 Å². The molecule has 0 radical (unpaired) electrons. The van der Waals surface area contributed by atoms with Crippen molar-refractivity contribution in [3.63, 3.8) is 0 Å². The maximum absolute atomic E-state index is 6.74. The number of hydrogen-bond donors (Lipinski definition) is 0. The molecule has 0 aliphatic rings. The first-order chi connectivity index (χ1) is 15.3. The molecule has 1 aromatic carbocycles. The third kappa shape index (κ3) is 15.3. The van der Waals surface area contributed by atoms with Gasteiger partial charge in [-0.25, -0.2) is 0 Å². The number of allylic oxidation sites excluding steroid dienone is 1. The molecule has 1 nitrogen and oxygen atoms in total. The molecule has 176 valence electrons. The zero-order valence-electron chi connectivity index (χ0n) is 21.2. The summed E-state index contributed by atoms with van der Waals surface area (Å²) >= 11 is 0. The summed E-state index contributed by atoms with van der Waals surface area (Å²) in [6.45, 7) is 7.24. The van der Waals surface area contributed by atoms with Gasteiger partial charge in [-0.3, -0.25) is 0 Å². The highest BCUT2D eigenvalue weighted by Crippen LogP contribution is 2.24. The molecule has 2 heteroatoms. The molecular weight excluding hydrogens is 375 g/mol. The highest BCUT2D eigenvalue weighted by Gasteiger charge is 2.19. The Hall–Kier alpha value is -1.18. The topological polar surface area (TPSA) is 9.23 Å². The molecule has 0 aromatic heterocycles. The quantitative estimate of drug-likeness (QED) is 0.108. The predicted octanol–water partition coefficient (Wildman–Crippen LogP) is 10.3. The molecule has 0 aliphatic carbocycles. The smallest absolute Gasteiger partial charge is 0.357 e. The average Bonchev–Trinajstić information content (AvgIpc) is 2.80. The van der Waals surface area contributed by atoms with Crippen molar-refractivity contribution in [2.24, 2.45) is 0 Å². The van der Waals surface area contributed by atoms with Crippen molar-refractivity contribution in [1.29, 1.82) is 0 Å². The van der Waals surface area contributed by atoms with Gasteiger partial charge < -0.3 is 4.65 Å². The van der Waals surface area contributed by atoms with Gasteiger partial charge in [0, 0.05) is 5.56 Å². The predicted molar refractivity (Wildman–Crippen MR) is 142 cm³/mol. The van der Waals surface area contributed by atoms with Crippen LogP contribution < -0.4 is 0 Å². The van der Waals surface area contributed by atoms with Crippen molar-refractivity contribution in [1.82, 2.24) is 0 Å². The summed E-state index contributed by atoms with van der Waals surface area (Å²) in [5.74, 6) is 1.13. The van der Waals surface area contributed by atoms with Crippen LogP contribution in [0.25, 0.3) is 5.76 Å². The largest absolute Gasteiger partial charge is 0.561 e. The zero-order chi connectivity index (χ0) is 22.4. The van der Waals surface area contributed by atoms with Gasteiger partial charge >= 0.3 is 6.92 Å². The molecule has 0 saturated heterocycles. The Labute approximate surface area is 195 Å². The Bertz CT molecular complexity index is 511. The molecule has 0 N–H and O–H groups in total. The second-order valence-corrected chi connectivity index (χ2v) is 9.28. The summed E-state index contributed by atoms with van der Waals surface area (Å²) in [5, 5.41) is 0. The summed E-state index contributed by atoms with van der Waals surface area (Å²) in [4.78, 5) is 0. The van der Waals surface area contributed by atoms with E-state index in [1.807, 2.05) is 0 Å². The molecule has 0 heterocycles. The maximum atomic E-state index is 6.74. The van der Waals surface area contributed by atoms with Gasteiger partial charge in [0.2, 0.25) is 0 Å². The van der Waals surface area contributed by atoms with E-state index in [2.05, 4.69) is 57.2 Å². The summed E-state index contributed by atoms with van der Waals surface area (Å²) in [5.41, 5.74) is 1.25. The van der Waals surface area contributed by atoms with Crippen LogP contribution in [0.5, 0.6) is 0 Å². The van der Waals surface area contributed by atoms with Gasteiger partial charge in [0.1, 0.15) is 5.76 Å². The van der Waals surface area contributed by atoms with E-state index in [4.69, 9.17) is 4.65 Å². The van der Waals surface area contributed by atoms with Crippen molar-refractivity contribution in [3.05, 3.63) is 42.0 Å². The van der Waals surface area contributed by atoms with Gasteiger partial charge in [-0.05, 0) is 31.6 Å². The van der Waals surface area contributed by atoms with Crippen molar-refractivity contribution in [2.45, 2.75) is 136 Å². The fraction of sp³-hybridized carbons (Fsp3) is 0.724. The lowest BCUT2D eigenvalue weighted by atomic mass is 9.59. The lowest BCUT2D eigenvalue weighted by Gasteiger charge is -2.19. The van der Waals surface area contributed by atoms with Crippen LogP contribution >= 0.6 is 0 Å². The van der Waals surface area contributed by atoms with E-state index in [-0.39, 0.29) is 0 Å². The number of hydrogen-bond acceptors (Lipinski definition) is 1. The molecular formula is C29H51BO. The lowest BCUT2D eigenvalue weighted by molar-refractivity contribution is 0.503. The van der Waals surface area contributed by atoms with Crippen LogP contribution in [0, 0.1) is 0 Å². The van der Waals surface area contributed by atoms with Crippen molar-refractivity contribution in [2.75, 3.05) is 0 Å². The molecule has 0 fully saturated rings. The average molecular weight is 427 g/mol. The van der Waals surface area contributed by atoms with Crippen LogP contribution in [0.3, 0.4) is 0 Å². The highest BCUT2D eigenvalue weighted by molar-refractivity contribution is 6.52. The van der Waals surface area contributed by atoms with Gasteiger partial charge in [-0.15, -0.1) is 0 Å². The standard InChI is InChI=1S/C29H51BO/c1-4-7-10-13-14-20-25-29(28-23-18-17-19-24-28)31-30(26-21-15-11-8-5-2)27-22-16-12-9-6-3/h17-19,23-25H,4-16,20-22,26-27H2,1-3H3/b29-25+. The molecule has 0 spiro atoms. The van der Waals surface area contributed by atoms with Crippen LogP contribution in [0.4, 0.5) is 0 Å². The molecule has 0 aliphatic heterocycles. The van der Waals surface area contributed by atoms with E-state index in [1.165, 1.54) is 115 Å². The van der Waals surface area contributed by atoms with Gasteiger partial charge in [0.25, 0.3) is 0 Å². The van der Waals surface area contributed by atoms with Crippen molar-refractivity contribution < 1.29 is 4.65 Å². The van der Waals surface area contributed by atoms with E-state index in [1.54, 1.807) is 0 Å². The fourth-order valence-electron chi connectivity index (χ4n) is 4.21. The Morgan fingerprint density at radius 2 is 1.13 bits per heavy atom. The van der Waals surface area contributed by atoms with Crippen LogP contribution in [0.1, 0.15) is 129 Å². The Morgan fingerprint density at radius 3 is 1.65 bits per heavy atom. The molecule has 0 atom stereocenters. The fourth-order valence-corrected chi connectivity index (χ4v) is 4.21. The molecule has 0 unspecified atom stereocenters. The monoisotopic (exact) mass is 426 g/mol. The van der Waals surface area contributed by atoms with E-state index in [0.29, 0.717) is 6.92 Å². The summed E-state index contributed by atoms with van der Waals surface area (Å²) in [6, 6.07) is 10.8. The first-order valence-electron chi connectivity index (χ1n) is 13.7. The van der Waals surface area contributed by atoms with E-state index in [0.717, 1.165) is 12.2 Å². The zero-order valence-corrected chi connectivity index (χ0v) is 21.2. The van der Waals surface area contributed by atoms with Gasteiger partial charge in [0.15, 0.2) is 0 Å². The molecule has 0 bridgehead atoms. The minimum Gasteiger partial charge on any atom is -0.561 e. The van der Waals surface area contributed by atoms with Gasteiger partial charge in [-0.1, -0.05) is 141 Å². The second kappa shape index (κ2) is 20.7. The highest BCUT2D eigenvalue weighted by atomic mass is 16.4. The van der Waals surface area contributed by atoms with E-state index < -0.39 is 0 Å². The Morgan fingerprint density at radius 1 is 0.645 bits per heavy atom. The van der Waals surface area contributed by atoms with E-state index in [9.17, 15) is 0 Å². The first-order valence-corrected chi connectivity index (χ1v) is 13.7. The SMILES string of the molecule is CCCCCCC/C=C(/OB(CCCCCCC)CCCCCCC)c1ccccc1. The van der Waals surface area contributed by atoms with E-state index >= 15 is 0 Å². The molecule has 1 aromatic rings. The third-order valence-corrected chi connectivity index (χ3v) is 6.25. The van der Waals surface area contributed by atoms with Crippen LogP contribution in [-0.4, -0.2) is 6.92 Å². The number of benzene rings is 1. The summed E-state index contributed by atoms with van der Waals surface area (Å²) < 4.78 is 6.74. The number of unbranched alkanes of at least 4 members (excludes halogenated alkanes) is 13. The molecule has 0 amide bonds. The minimum absolute atomic E-state index is 0.370. The van der Waals surface area contributed by atoms with Crippen LogP contribution in [0.15, 0.2) is 36.4 Å². The Balaban J connectivity index is 2.66. The Kier molecular flexibility index (Phi) is 18.6. The molecule has 0 saturated carbocycles. The minimum atomic E-state index is 0.370. The maximum Gasteiger partial charge on any atom is 0.357 e. The second-order valence-electron chi connectivity index (χ2n) is 9.28. The molecule has 1 rings (SSSR count). The van der Waals surface area contributed by atoms with Crippen LogP contribution in [0.2, 0.25) is 12.6 Å². The summed E-state index contributed by atoms with van der Waals surface area (Å²) in [7, 11) is 0. The normalized spacial score (nSPS) is 11.6.